The van der Waals surface area contributed by atoms with Crippen molar-refractivity contribution in [1.29, 1.82) is 0 Å². The van der Waals surface area contributed by atoms with Gasteiger partial charge in [0.25, 0.3) is 0 Å². The number of aromatic nitrogens is 2. The monoisotopic (exact) mass is 265 g/mol. The number of hydrogen-bond acceptors (Lipinski definition) is 3. The predicted molar refractivity (Wildman–Crippen MR) is 74.3 cm³/mol. The standard InChI is InChI=1S/C14H20ClN3/c1-10-6-7-18(13(10)8-15)14-11-4-2-3-5-12(11)16-9-17-14/h9-10,13H,2-8H2,1H3. The average molecular weight is 266 g/mol. The van der Waals surface area contributed by atoms with Gasteiger partial charge in [-0.15, -0.1) is 11.6 Å². The summed E-state index contributed by atoms with van der Waals surface area (Å²) in [5.41, 5.74) is 2.65. The lowest BCUT2D eigenvalue weighted by Crippen LogP contribution is -2.35. The molecule has 1 saturated heterocycles. The fourth-order valence-corrected chi connectivity index (χ4v) is 3.73. The molecule has 3 nitrogen and oxygen atoms in total. The van der Waals surface area contributed by atoms with Crippen molar-refractivity contribution in [3.05, 3.63) is 17.6 Å². The Bertz CT molecular complexity index is 435. The molecule has 4 heteroatoms. The van der Waals surface area contributed by atoms with Crippen molar-refractivity contribution in [2.24, 2.45) is 5.92 Å². The first kappa shape index (κ1) is 12.2. The molecule has 18 heavy (non-hydrogen) atoms. The van der Waals surface area contributed by atoms with Crippen molar-refractivity contribution < 1.29 is 0 Å². The van der Waals surface area contributed by atoms with Gasteiger partial charge >= 0.3 is 0 Å². The molecule has 0 aromatic carbocycles. The van der Waals surface area contributed by atoms with Gasteiger partial charge in [-0.2, -0.15) is 0 Å². The van der Waals surface area contributed by atoms with Gasteiger partial charge in [-0.1, -0.05) is 6.92 Å². The predicted octanol–water partition coefficient (Wildman–Crippen LogP) is 2.81. The number of rotatable bonds is 2. The van der Waals surface area contributed by atoms with E-state index in [1.54, 1.807) is 6.33 Å². The molecule has 2 unspecified atom stereocenters. The third kappa shape index (κ3) is 1.99. The van der Waals surface area contributed by atoms with E-state index in [-0.39, 0.29) is 0 Å². The maximum Gasteiger partial charge on any atom is 0.135 e. The molecule has 0 amide bonds. The Balaban J connectivity index is 1.97. The summed E-state index contributed by atoms with van der Waals surface area (Å²) in [6.07, 6.45) is 7.72. The number of fused-ring (bicyclic) bond motifs is 1. The van der Waals surface area contributed by atoms with Crippen LogP contribution in [0.2, 0.25) is 0 Å². The quantitative estimate of drug-likeness (QED) is 0.770. The van der Waals surface area contributed by atoms with Crippen LogP contribution in [0.5, 0.6) is 0 Å². The minimum absolute atomic E-state index is 0.438. The Morgan fingerprint density at radius 1 is 1.33 bits per heavy atom. The molecule has 98 valence electrons. The fraction of sp³-hybridized carbons (Fsp3) is 0.714. The number of nitrogens with zero attached hydrogens (tertiary/aromatic N) is 3. The van der Waals surface area contributed by atoms with Crippen LogP contribution < -0.4 is 4.90 Å². The van der Waals surface area contributed by atoms with Crippen LogP contribution in [0.25, 0.3) is 0 Å². The summed E-state index contributed by atoms with van der Waals surface area (Å²) in [5, 5.41) is 0. The topological polar surface area (TPSA) is 29.0 Å². The average Bonchev–Trinajstić information content (AvgIpc) is 2.79. The van der Waals surface area contributed by atoms with Gasteiger partial charge < -0.3 is 4.90 Å². The summed E-state index contributed by atoms with van der Waals surface area (Å²) in [6, 6.07) is 0.438. The van der Waals surface area contributed by atoms with Crippen LogP contribution in [-0.4, -0.2) is 28.4 Å². The third-order valence-electron chi connectivity index (χ3n) is 4.41. The summed E-state index contributed by atoms with van der Waals surface area (Å²) < 4.78 is 0. The molecule has 1 aliphatic heterocycles. The minimum atomic E-state index is 0.438. The molecule has 1 aromatic heterocycles. The zero-order chi connectivity index (χ0) is 12.5. The molecule has 0 bridgehead atoms. The minimum Gasteiger partial charge on any atom is -0.352 e. The lowest BCUT2D eigenvalue weighted by molar-refractivity contribution is 0.546. The largest absolute Gasteiger partial charge is 0.352 e. The second kappa shape index (κ2) is 5.04. The Kier molecular flexibility index (Phi) is 3.42. The molecular formula is C14H20ClN3. The van der Waals surface area contributed by atoms with Gasteiger partial charge in [-0.3, -0.25) is 0 Å². The van der Waals surface area contributed by atoms with Crippen LogP contribution in [-0.2, 0) is 12.8 Å². The molecule has 2 aliphatic rings. The lowest BCUT2D eigenvalue weighted by Gasteiger charge is -2.29. The van der Waals surface area contributed by atoms with E-state index in [9.17, 15) is 0 Å². The van der Waals surface area contributed by atoms with Gasteiger partial charge in [-0.25, -0.2) is 9.97 Å². The molecule has 1 aliphatic carbocycles. The van der Waals surface area contributed by atoms with Gasteiger partial charge in [0.15, 0.2) is 0 Å². The van der Waals surface area contributed by atoms with Gasteiger partial charge in [-0.05, 0) is 38.0 Å². The number of hydrogen-bond donors (Lipinski definition) is 0. The molecule has 2 heterocycles. The smallest absolute Gasteiger partial charge is 0.135 e. The van der Waals surface area contributed by atoms with E-state index in [0.29, 0.717) is 17.8 Å². The van der Waals surface area contributed by atoms with Crippen LogP contribution in [0.3, 0.4) is 0 Å². The maximum absolute atomic E-state index is 6.15. The highest BCUT2D eigenvalue weighted by Crippen LogP contribution is 2.34. The number of halogens is 1. The van der Waals surface area contributed by atoms with Crippen molar-refractivity contribution in [2.45, 2.75) is 45.1 Å². The maximum atomic E-state index is 6.15. The van der Waals surface area contributed by atoms with Crippen LogP contribution >= 0.6 is 11.6 Å². The zero-order valence-electron chi connectivity index (χ0n) is 10.9. The van der Waals surface area contributed by atoms with Crippen molar-refractivity contribution in [2.75, 3.05) is 17.3 Å². The summed E-state index contributed by atoms with van der Waals surface area (Å²) >= 11 is 6.15. The van der Waals surface area contributed by atoms with E-state index >= 15 is 0 Å². The van der Waals surface area contributed by atoms with Crippen LogP contribution in [0, 0.1) is 5.92 Å². The first-order chi connectivity index (χ1) is 8.81. The van der Waals surface area contributed by atoms with Gasteiger partial charge in [0, 0.05) is 29.7 Å². The van der Waals surface area contributed by atoms with Crippen molar-refractivity contribution >= 4 is 17.4 Å². The first-order valence-corrected chi connectivity index (χ1v) is 7.50. The highest BCUT2D eigenvalue weighted by Gasteiger charge is 2.33. The summed E-state index contributed by atoms with van der Waals surface area (Å²) in [4.78, 5) is 11.4. The van der Waals surface area contributed by atoms with Gasteiger partial charge in [0.1, 0.15) is 12.1 Å². The second-order valence-corrected chi connectivity index (χ2v) is 5.82. The number of aryl methyl sites for hydroxylation is 1. The molecule has 0 spiro atoms. The normalized spacial score (nSPS) is 27.3. The van der Waals surface area contributed by atoms with Gasteiger partial charge in [0.2, 0.25) is 0 Å². The van der Waals surface area contributed by atoms with Crippen LogP contribution in [0.15, 0.2) is 6.33 Å². The molecular weight excluding hydrogens is 246 g/mol. The molecule has 0 radical (unpaired) electrons. The molecule has 1 aromatic rings. The van der Waals surface area contributed by atoms with E-state index in [0.717, 1.165) is 25.2 Å². The van der Waals surface area contributed by atoms with E-state index in [1.807, 2.05) is 0 Å². The number of anilines is 1. The van der Waals surface area contributed by atoms with Crippen molar-refractivity contribution in [1.82, 2.24) is 9.97 Å². The van der Waals surface area contributed by atoms with E-state index in [4.69, 9.17) is 11.6 Å². The SMILES string of the molecule is CC1CCN(c2ncnc3c2CCCC3)C1CCl. The summed E-state index contributed by atoms with van der Waals surface area (Å²) in [6.45, 7) is 3.38. The molecule has 2 atom stereocenters. The first-order valence-electron chi connectivity index (χ1n) is 6.96. The van der Waals surface area contributed by atoms with E-state index < -0.39 is 0 Å². The third-order valence-corrected chi connectivity index (χ3v) is 4.73. The lowest BCUT2D eigenvalue weighted by atomic mass is 9.96. The van der Waals surface area contributed by atoms with E-state index in [1.165, 1.54) is 30.5 Å². The zero-order valence-corrected chi connectivity index (χ0v) is 11.7. The van der Waals surface area contributed by atoms with Crippen LogP contribution in [0.4, 0.5) is 5.82 Å². The Hall–Kier alpha value is -0.830. The molecule has 0 saturated carbocycles. The Morgan fingerprint density at radius 2 is 2.17 bits per heavy atom. The number of alkyl halides is 1. The van der Waals surface area contributed by atoms with Crippen LogP contribution in [0.1, 0.15) is 37.4 Å². The molecule has 3 rings (SSSR count). The Labute approximate surface area is 114 Å². The van der Waals surface area contributed by atoms with Crippen molar-refractivity contribution in [3.63, 3.8) is 0 Å². The second-order valence-electron chi connectivity index (χ2n) is 5.51. The molecule has 0 N–H and O–H groups in total. The Morgan fingerprint density at radius 3 is 3.00 bits per heavy atom. The van der Waals surface area contributed by atoms with Crippen molar-refractivity contribution in [3.8, 4) is 0 Å². The van der Waals surface area contributed by atoms with E-state index in [2.05, 4.69) is 21.8 Å². The summed E-state index contributed by atoms with van der Waals surface area (Å²) in [7, 11) is 0. The molecule has 1 fully saturated rings. The van der Waals surface area contributed by atoms with Gasteiger partial charge in [0.05, 0.1) is 0 Å². The highest BCUT2D eigenvalue weighted by atomic mass is 35.5. The summed E-state index contributed by atoms with van der Waals surface area (Å²) in [5.74, 6) is 2.52. The highest BCUT2D eigenvalue weighted by molar-refractivity contribution is 6.18. The fourth-order valence-electron chi connectivity index (χ4n) is 3.26.